The van der Waals surface area contributed by atoms with Crippen molar-refractivity contribution in [3.63, 3.8) is 0 Å². The monoisotopic (exact) mass is 239 g/mol. The second kappa shape index (κ2) is 4.81. The van der Waals surface area contributed by atoms with Gasteiger partial charge in [-0.05, 0) is 12.0 Å². The van der Waals surface area contributed by atoms with Crippen LogP contribution in [0.15, 0.2) is 27.2 Å². The summed E-state index contributed by atoms with van der Waals surface area (Å²) in [6.07, 6.45) is 5.97. The molecule has 15 heavy (non-hydrogen) atoms. The second-order valence-corrected chi connectivity index (χ2v) is 5.66. The number of nitrogen functional groups attached to an aromatic ring is 1. The smallest absolute Gasteiger partial charge is 0.181 e. The van der Waals surface area contributed by atoms with E-state index in [0.717, 1.165) is 18.6 Å². The van der Waals surface area contributed by atoms with Gasteiger partial charge in [0.15, 0.2) is 5.13 Å². The molecule has 2 heterocycles. The van der Waals surface area contributed by atoms with Crippen molar-refractivity contribution in [1.29, 1.82) is 0 Å². The van der Waals surface area contributed by atoms with Gasteiger partial charge in [-0.1, -0.05) is 18.3 Å². The summed E-state index contributed by atoms with van der Waals surface area (Å²) in [7, 11) is 0. The standard InChI is InChI=1S/C10H13N3S2/c1-2-7-3-8(12-4-7)6-14-9-5-13-10(11)15-9/h4-5H,2-3,6H2,1H3,(H2,11,13). The van der Waals surface area contributed by atoms with Crippen molar-refractivity contribution in [3.05, 3.63) is 18.0 Å². The van der Waals surface area contributed by atoms with Gasteiger partial charge in [0.1, 0.15) is 0 Å². The topological polar surface area (TPSA) is 51.3 Å². The highest BCUT2D eigenvalue weighted by atomic mass is 32.2. The van der Waals surface area contributed by atoms with E-state index in [0.29, 0.717) is 5.13 Å². The molecule has 1 aromatic heterocycles. The van der Waals surface area contributed by atoms with Crippen molar-refractivity contribution in [2.24, 2.45) is 4.99 Å². The Balaban J connectivity index is 1.81. The molecule has 0 radical (unpaired) electrons. The molecule has 2 rings (SSSR count). The zero-order valence-corrected chi connectivity index (χ0v) is 10.2. The molecule has 80 valence electrons. The normalized spacial score (nSPS) is 15.3. The average Bonchev–Trinajstić information content (AvgIpc) is 2.83. The van der Waals surface area contributed by atoms with Crippen LogP contribution in [-0.4, -0.2) is 16.4 Å². The number of allylic oxidation sites excluding steroid dienone is 1. The molecule has 0 aliphatic carbocycles. The maximum Gasteiger partial charge on any atom is 0.181 e. The lowest BCUT2D eigenvalue weighted by atomic mass is 10.1. The minimum Gasteiger partial charge on any atom is -0.375 e. The molecule has 3 nitrogen and oxygen atoms in total. The number of anilines is 1. The van der Waals surface area contributed by atoms with Gasteiger partial charge in [-0.3, -0.25) is 4.99 Å². The zero-order chi connectivity index (χ0) is 10.7. The first-order chi connectivity index (χ1) is 7.28. The molecule has 0 amide bonds. The lowest BCUT2D eigenvalue weighted by Crippen LogP contribution is -1.98. The minimum absolute atomic E-state index is 0.637. The van der Waals surface area contributed by atoms with E-state index >= 15 is 0 Å². The van der Waals surface area contributed by atoms with Crippen LogP contribution < -0.4 is 5.73 Å². The van der Waals surface area contributed by atoms with Crippen LogP contribution in [0.25, 0.3) is 0 Å². The number of thiazole rings is 1. The Bertz CT molecular complexity index is 407. The molecule has 0 atom stereocenters. The first kappa shape index (κ1) is 10.7. The summed E-state index contributed by atoms with van der Waals surface area (Å²) in [4.78, 5) is 8.41. The number of hydrogen-bond donors (Lipinski definition) is 1. The minimum atomic E-state index is 0.637. The van der Waals surface area contributed by atoms with Crippen LogP contribution in [0.5, 0.6) is 0 Å². The third-order valence-corrected chi connectivity index (χ3v) is 4.29. The highest BCUT2D eigenvalue weighted by Gasteiger charge is 2.09. The Labute approximate surface area is 97.5 Å². The van der Waals surface area contributed by atoms with E-state index < -0.39 is 0 Å². The van der Waals surface area contributed by atoms with Gasteiger partial charge in [-0.15, -0.1) is 11.8 Å². The maximum atomic E-state index is 5.56. The number of rotatable bonds is 4. The molecule has 0 saturated heterocycles. The van der Waals surface area contributed by atoms with Gasteiger partial charge >= 0.3 is 0 Å². The fourth-order valence-corrected chi connectivity index (χ4v) is 3.03. The summed E-state index contributed by atoms with van der Waals surface area (Å²) in [5, 5.41) is 0.637. The molecule has 0 fully saturated rings. The molecule has 2 N–H and O–H groups in total. The van der Waals surface area contributed by atoms with Crippen molar-refractivity contribution < 1.29 is 0 Å². The highest BCUT2D eigenvalue weighted by molar-refractivity contribution is 8.01. The van der Waals surface area contributed by atoms with Gasteiger partial charge < -0.3 is 5.73 Å². The van der Waals surface area contributed by atoms with Crippen LogP contribution in [0, 0.1) is 0 Å². The summed E-state index contributed by atoms with van der Waals surface area (Å²) < 4.78 is 1.17. The zero-order valence-electron chi connectivity index (χ0n) is 8.56. The van der Waals surface area contributed by atoms with Crippen LogP contribution in [0.4, 0.5) is 5.13 Å². The molecule has 1 aliphatic rings. The van der Waals surface area contributed by atoms with E-state index in [1.165, 1.54) is 26.8 Å². The molecule has 0 spiro atoms. The average molecular weight is 239 g/mol. The van der Waals surface area contributed by atoms with Crippen LogP contribution >= 0.6 is 23.1 Å². The molecule has 1 aliphatic heterocycles. The Morgan fingerprint density at radius 3 is 3.07 bits per heavy atom. The Kier molecular flexibility index (Phi) is 3.43. The predicted molar refractivity (Wildman–Crippen MR) is 67.7 cm³/mol. The van der Waals surface area contributed by atoms with E-state index in [-0.39, 0.29) is 0 Å². The Morgan fingerprint density at radius 2 is 2.47 bits per heavy atom. The number of nitrogens with zero attached hydrogens (tertiary/aromatic N) is 2. The van der Waals surface area contributed by atoms with E-state index in [2.05, 4.69) is 16.9 Å². The third kappa shape index (κ3) is 2.82. The Hall–Kier alpha value is -0.810. The highest BCUT2D eigenvalue weighted by Crippen LogP contribution is 2.28. The quantitative estimate of drug-likeness (QED) is 0.822. The van der Waals surface area contributed by atoms with Gasteiger partial charge in [0, 0.05) is 24.1 Å². The predicted octanol–water partition coefficient (Wildman–Crippen LogP) is 2.96. The molecule has 1 aromatic rings. The lowest BCUT2D eigenvalue weighted by Gasteiger charge is -1.99. The fourth-order valence-electron chi connectivity index (χ4n) is 1.33. The second-order valence-electron chi connectivity index (χ2n) is 3.32. The summed E-state index contributed by atoms with van der Waals surface area (Å²) in [6.45, 7) is 2.17. The van der Waals surface area contributed by atoms with Crippen molar-refractivity contribution in [1.82, 2.24) is 4.98 Å². The first-order valence-corrected chi connectivity index (χ1v) is 6.65. The van der Waals surface area contributed by atoms with E-state index in [9.17, 15) is 0 Å². The Morgan fingerprint density at radius 1 is 1.60 bits per heavy atom. The van der Waals surface area contributed by atoms with E-state index in [1.807, 2.05) is 12.4 Å². The largest absolute Gasteiger partial charge is 0.375 e. The summed E-state index contributed by atoms with van der Waals surface area (Å²) in [5.41, 5.74) is 8.24. The van der Waals surface area contributed by atoms with Gasteiger partial charge in [0.05, 0.1) is 10.4 Å². The fraction of sp³-hybridized carbons (Fsp3) is 0.400. The number of aliphatic imine (C=N–C) groups is 1. The molecule has 0 saturated carbocycles. The number of aromatic nitrogens is 1. The van der Waals surface area contributed by atoms with E-state index in [4.69, 9.17) is 5.73 Å². The van der Waals surface area contributed by atoms with Crippen LogP contribution in [0.2, 0.25) is 0 Å². The van der Waals surface area contributed by atoms with E-state index in [1.54, 1.807) is 11.8 Å². The van der Waals surface area contributed by atoms with Crippen LogP contribution in [-0.2, 0) is 0 Å². The SMILES string of the molecule is CCC1=CN=C(CSc2cnc(N)s2)C1. The van der Waals surface area contributed by atoms with Crippen molar-refractivity contribution in [3.8, 4) is 0 Å². The van der Waals surface area contributed by atoms with Gasteiger partial charge in [-0.2, -0.15) is 0 Å². The summed E-state index contributed by atoms with van der Waals surface area (Å²) >= 11 is 3.30. The molecule has 0 bridgehead atoms. The molecule has 0 aromatic carbocycles. The van der Waals surface area contributed by atoms with Gasteiger partial charge in [0.2, 0.25) is 0 Å². The summed E-state index contributed by atoms with van der Waals surface area (Å²) in [5.74, 6) is 0.946. The van der Waals surface area contributed by atoms with Crippen molar-refractivity contribution >= 4 is 33.9 Å². The maximum absolute atomic E-state index is 5.56. The summed E-state index contributed by atoms with van der Waals surface area (Å²) in [6, 6.07) is 0. The van der Waals surface area contributed by atoms with Gasteiger partial charge in [0.25, 0.3) is 0 Å². The van der Waals surface area contributed by atoms with Gasteiger partial charge in [-0.25, -0.2) is 4.98 Å². The molecular formula is C10H13N3S2. The number of nitrogens with two attached hydrogens (primary N) is 1. The third-order valence-electron chi connectivity index (χ3n) is 2.20. The lowest BCUT2D eigenvalue weighted by molar-refractivity contribution is 1.07. The van der Waals surface area contributed by atoms with Crippen LogP contribution in [0.3, 0.4) is 0 Å². The van der Waals surface area contributed by atoms with Crippen molar-refractivity contribution in [2.75, 3.05) is 11.5 Å². The van der Waals surface area contributed by atoms with Crippen LogP contribution in [0.1, 0.15) is 19.8 Å². The molecule has 0 unspecified atom stereocenters. The molecular weight excluding hydrogens is 226 g/mol. The first-order valence-electron chi connectivity index (χ1n) is 4.85. The van der Waals surface area contributed by atoms with Crippen molar-refractivity contribution in [2.45, 2.75) is 24.0 Å². The number of hydrogen-bond acceptors (Lipinski definition) is 5. The number of thioether (sulfide) groups is 1. The molecule has 5 heteroatoms.